The van der Waals surface area contributed by atoms with Gasteiger partial charge in [-0.2, -0.15) is 0 Å². The molecule has 1 aromatic heterocycles. The molecule has 0 bridgehead atoms. The molecule has 3 aromatic rings. The molecular weight excluding hydrogens is 445 g/mol. The van der Waals surface area contributed by atoms with Crippen molar-refractivity contribution in [3.05, 3.63) is 99.2 Å². The van der Waals surface area contributed by atoms with Gasteiger partial charge in [-0.15, -0.1) is 0 Å². The summed E-state index contributed by atoms with van der Waals surface area (Å²) in [4.78, 5) is 30.2. The number of hydrogen-bond acceptors (Lipinski definition) is 4. The first-order valence-electron chi connectivity index (χ1n) is 12.0. The number of methoxy groups -OCH3 is 1. The summed E-state index contributed by atoms with van der Waals surface area (Å²) in [7, 11) is 1.57. The zero-order valence-electron chi connectivity index (χ0n) is 20.4. The number of aromatic nitrogens is 1. The smallest absolute Gasteiger partial charge is 0.259 e. The quantitative estimate of drug-likeness (QED) is 0.492. The Morgan fingerprint density at radius 3 is 2.37 bits per heavy atom. The van der Waals surface area contributed by atoms with Crippen molar-refractivity contribution in [1.82, 2.24) is 9.47 Å². The van der Waals surface area contributed by atoms with Gasteiger partial charge in [0.2, 0.25) is 0 Å². The third kappa shape index (κ3) is 5.62. The topological polar surface area (TPSA) is 54.8 Å². The predicted molar refractivity (Wildman–Crippen MR) is 135 cm³/mol. The zero-order valence-corrected chi connectivity index (χ0v) is 20.4. The van der Waals surface area contributed by atoms with E-state index in [0.717, 1.165) is 18.5 Å². The van der Waals surface area contributed by atoms with Gasteiger partial charge >= 0.3 is 0 Å². The average Bonchev–Trinajstić information content (AvgIpc) is 2.87. The molecule has 1 saturated heterocycles. The van der Waals surface area contributed by atoms with Crippen LogP contribution in [0.5, 0.6) is 0 Å². The maximum Gasteiger partial charge on any atom is 0.259 e. The Labute approximate surface area is 205 Å². The lowest BCUT2D eigenvalue weighted by molar-refractivity contribution is 0.0738. The molecule has 4 rings (SSSR count). The summed E-state index contributed by atoms with van der Waals surface area (Å²) in [5.41, 5.74) is 3.12. The Balaban J connectivity index is 1.53. The van der Waals surface area contributed by atoms with Gasteiger partial charge in [-0.1, -0.05) is 42.5 Å². The maximum absolute atomic E-state index is 14.2. The van der Waals surface area contributed by atoms with E-state index in [0.29, 0.717) is 44.1 Å². The van der Waals surface area contributed by atoms with Gasteiger partial charge in [-0.05, 0) is 37.5 Å². The highest BCUT2D eigenvalue weighted by atomic mass is 19.1. The standard InChI is InChI=1S/C28H32FN3O3/c1-21-19-26(33)27(25(20-35-2)32(21)14-8-11-22-9-4-3-5-10-22)28(34)31-17-15-30(16-18-31)24-13-7-6-12-23(24)29/h3-7,9-10,12-13,19H,8,11,14-18,20H2,1-2H3. The minimum absolute atomic E-state index is 0.177. The number of rotatable bonds is 8. The second kappa shape index (κ2) is 11.3. The highest BCUT2D eigenvalue weighted by molar-refractivity contribution is 5.95. The van der Waals surface area contributed by atoms with Gasteiger partial charge in [-0.3, -0.25) is 9.59 Å². The Morgan fingerprint density at radius 2 is 1.69 bits per heavy atom. The fourth-order valence-corrected chi connectivity index (χ4v) is 4.76. The molecule has 0 unspecified atom stereocenters. The summed E-state index contributed by atoms with van der Waals surface area (Å²) in [5.74, 6) is -0.557. The van der Waals surface area contributed by atoms with Crippen LogP contribution in [-0.2, 0) is 24.3 Å². The van der Waals surface area contributed by atoms with E-state index in [1.807, 2.05) is 34.6 Å². The fraction of sp³-hybridized carbons (Fsp3) is 0.357. The summed E-state index contributed by atoms with van der Waals surface area (Å²) in [6.07, 6.45) is 1.78. The summed E-state index contributed by atoms with van der Waals surface area (Å²) < 4.78 is 21.7. The number of aryl methyl sites for hydroxylation is 2. The molecule has 1 amide bonds. The van der Waals surface area contributed by atoms with E-state index in [1.165, 1.54) is 11.6 Å². The number of pyridine rings is 1. The van der Waals surface area contributed by atoms with Crippen LogP contribution in [0.3, 0.4) is 0 Å². The SMILES string of the molecule is COCc1c(C(=O)N2CCN(c3ccccc3F)CC2)c(=O)cc(C)n1CCCc1ccccc1. The number of hydrogen-bond donors (Lipinski definition) is 0. The maximum atomic E-state index is 14.2. The van der Waals surface area contributed by atoms with Crippen molar-refractivity contribution in [2.24, 2.45) is 0 Å². The monoisotopic (exact) mass is 477 g/mol. The molecule has 2 aromatic carbocycles. The molecule has 0 atom stereocenters. The van der Waals surface area contributed by atoms with Crippen LogP contribution < -0.4 is 10.3 Å². The van der Waals surface area contributed by atoms with Gasteiger partial charge in [0, 0.05) is 51.6 Å². The van der Waals surface area contributed by atoms with Gasteiger partial charge in [0.1, 0.15) is 11.4 Å². The van der Waals surface area contributed by atoms with E-state index in [-0.39, 0.29) is 29.3 Å². The number of benzene rings is 2. The van der Waals surface area contributed by atoms with E-state index in [4.69, 9.17) is 4.74 Å². The molecule has 2 heterocycles. The number of anilines is 1. The summed E-state index contributed by atoms with van der Waals surface area (Å²) in [5, 5.41) is 0. The zero-order chi connectivity index (χ0) is 24.8. The molecule has 7 heteroatoms. The molecule has 0 aliphatic carbocycles. The van der Waals surface area contributed by atoms with Crippen LogP contribution in [0.25, 0.3) is 0 Å². The van der Waals surface area contributed by atoms with E-state index < -0.39 is 0 Å². The molecular formula is C28H32FN3O3. The Morgan fingerprint density at radius 1 is 1.00 bits per heavy atom. The van der Waals surface area contributed by atoms with Crippen LogP contribution in [-0.4, -0.2) is 48.7 Å². The van der Waals surface area contributed by atoms with Crippen LogP contribution in [0.1, 0.15) is 33.7 Å². The van der Waals surface area contributed by atoms with Crippen molar-refractivity contribution in [1.29, 1.82) is 0 Å². The first-order valence-corrected chi connectivity index (χ1v) is 12.0. The molecule has 35 heavy (non-hydrogen) atoms. The van der Waals surface area contributed by atoms with Crippen molar-refractivity contribution >= 4 is 11.6 Å². The van der Waals surface area contributed by atoms with E-state index >= 15 is 0 Å². The normalized spacial score (nSPS) is 13.8. The second-order valence-corrected chi connectivity index (χ2v) is 8.88. The number of amides is 1. The number of carbonyl (C=O) groups excluding carboxylic acids is 1. The minimum Gasteiger partial charge on any atom is -0.378 e. The third-order valence-electron chi connectivity index (χ3n) is 6.57. The van der Waals surface area contributed by atoms with Gasteiger partial charge in [0.05, 0.1) is 18.0 Å². The van der Waals surface area contributed by atoms with Crippen molar-refractivity contribution < 1.29 is 13.9 Å². The van der Waals surface area contributed by atoms with Crippen LogP contribution in [0, 0.1) is 12.7 Å². The number of carbonyl (C=O) groups is 1. The lowest BCUT2D eigenvalue weighted by Crippen LogP contribution is -2.50. The molecule has 0 spiro atoms. The van der Waals surface area contributed by atoms with Gasteiger partial charge in [-0.25, -0.2) is 4.39 Å². The van der Waals surface area contributed by atoms with Gasteiger partial charge < -0.3 is 19.1 Å². The highest BCUT2D eigenvalue weighted by Crippen LogP contribution is 2.21. The highest BCUT2D eigenvalue weighted by Gasteiger charge is 2.28. The third-order valence-corrected chi connectivity index (χ3v) is 6.57. The summed E-state index contributed by atoms with van der Waals surface area (Å²) >= 11 is 0. The van der Waals surface area contributed by atoms with E-state index in [2.05, 4.69) is 12.1 Å². The van der Waals surface area contributed by atoms with Crippen LogP contribution in [0.4, 0.5) is 10.1 Å². The Kier molecular flexibility index (Phi) is 7.98. The molecule has 1 aliphatic rings. The van der Waals surface area contributed by atoms with Crippen molar-refractivity contribution in [2.45, 2.75) is 32.9 Å². The van der Waals surface area contributed by atoms with Gasteiger partial charge in [0.25, 0.3) is 5.91 Å². The average molecular weight is 478 g/mol. The van der Waals surface area contributed by atoms with Crippen molar-refractivity contribution in [3.63, 3.8) is 0 Å². The fourth-order valence-electron chi connectivity index (χ4n) is 4.76. The first kappa shape index (κ1) is 24.7. The lowest BCUT2D eigenvalue weighted by atomic mass is 10.1. The molecule has 1 fully saturated rings. The van der Waals surface area contributed by atoms with Crippen LogP contribution in [0.15, 0.2) is 65.5 Å². The van der Waals surface area contributed by atoms with Crippen LogP contribution in [0.2, 0.25) is 0 Å². The van der Waals surface area contributed by atoms with E-state index in [1.54, 1.807) is 36.3 Å². The lowest BCUT2D eigenvalue weighted by Gasteiger charge is -2.36. The number of nitrogens with zero attached hydrogens (tertiary/aromatic N) is 3. The molecule has 0 N–H and O–H groups in total. The Bertz CT molecular complexity index is 1220. The number of ether oxygens (including phenoxy) is 1. The minimum atomic E-state index is -0.285. The Hall–Kier alpha value is -3.45. The van der Waals surface area contributed by atoms with Gasteiger partial charge in [0.15, 0.2) is 5.43 Å². The van der Waals surface area contributed by atoms with Crippen molar-refractivity contribution in [3.8, 4) is 0 Å². The molecule has 184 valence electrons. The van der Waals surface area contributed by atoms with E-state index in [9.17, 15) is 14.0 Å². The molecule has 1 aliphatic heterocycles. The van der Waals surface area contributed by atoms with Crippen LogP contribution >= 0.6 is 0 Å². The number of para-hydroxylation sites is 1. The van der Waals surface area contributed by atoms with Crippen molar-refractivity contribution in [2.75, 3.05) is 38.2 Å². The summed E-state index contributed by atoms with van der Waals surface area (Å²) in [6, 6.07) is 18.5. The molecule has 6 nitrogen and oxygen atoms in total. The first-order chi connectivity index (χ1) is 17.0. The molecule has 0 radical (unpaired) electrons. The predicted octanol–water partition coefficient (Wildman–Crippen LogP) is 4.04. The summed E-state index contributed by atoms with van der Waals surface area (Å²) in [6.45, 7) is 4.60. The largest absolute Gasteiger partial charge is 0.378 e. The number of piperazine rings is 1. The number of halogens is 1. The second-order valence-electron chi connectivity index (χ2n) is 8.88. The molecule has 0 saturated carbocycles.